The van der Waals surface area contributed by atoms with Gasteiger partial charge in [0.15, 0.2) is 11.6 Å². The van der Waals surface area contributed by atoms with E-state index >= 15 is 0 Å². The molecule has 1 N–H and O–H groups in total. The van der Waals surface area contributed by atoms with Gasteiger partial charge in [0.1, 0.15) is 5.75 Å². The third-order valence-corrected chi connectivity index (χ3v) is 9.11. The van der Waals surface area contributed by atoms with Crippen LogP contribution in [0.3, 0.4) is 0 Å². The van der Waals surface area contributed by atoms with Crippen molar-refractivity contribution in [3.8, 4) is 5.75 Å². The Hall–Kier alpha value is -5.18. The number of ketones is 2. The number of anilines is 1. The van der Waals surface area contributed by atoms with Crippen molar-refractivity contribution >= 4 is 45.5 Å². The van der Waals surface area contributed by atoms with Gasteiger partial charge in [0.2, 0.25) is 11.8 Å². The Kier molecular flexibility index (Phi) is 5.63. The van der Waals surface area contributed by atoms with Crippen molar-refractivity contribution < 1.29 is 29.2 Å². The van der Waals surface area contributed by atoms with Gasteiger partial charge in [-0.1, -0.05) is 48.0 Å². The molecule has 1 heterocycles. The van der Waals surface area contributed by atoms with E-state index in [1.165, 1.54) is 30.3 Å². The number of benzene rings is 3. The molecule has 1 aliphatic heterocycles. The van der Waals surface area contributed by atoms with E-state index in [9.17, 15) is 34.4 Å². The zero-order chi connectivity index (χ0) is 29.4. The number of nitrogens with zero attached hydrogens (tertiary/aromatic N) is 2. The van der Waals surface area contributed by atoms with Crippen LogP contribution in [-0.2, 0) is 19.2 Å². The zero-order valence-corrected chi connectivity index (χ0v) is 22.4. The highest BCUT2D eigenvalue weighted by atomic mass is 16.6. The number of imide groups is 1. The maximum absolute atomic E-state index is 14.1. The summed E-state index contributed by atoms with van der Waals surface area (Å²) in [5, 5.41) is 23.3. The maximum Gasteiger partial charge on any atom is 0.271 e. The number of hydrogen-bond donors (Lipinski definition) is 1. The summed E-state index contributed by atoms with van der Waals surface area (Å²) in [4.78, 5) is 66.7. The molecule has 7 rings (SSSR count). The molecule has 0 aromatic heterocycles. The Balaban J connectivity index is 1.40. The Morgan fingerprint density at radius 1 is 0.929 bits per heavy atom. The lowest BCUT2D eigenvalue weighted by molar-refractivity contribution is -0.384. The molecular formula is C33H24N2O7. The molecule has 1 saturated heterocycles. The summed E-state index contributed by atoms with van der Waals surface area (Å²) < 4.78 is 0. The number of hydrogen-bond acceptors (Lipinski definition) is 7. The third kappa shape index (κ3) is 3.56. The van der Waals surface area contributed by atoms with Crippen LogP contribution in [0, 0.1) is 27.9 Å². The normalized spacial score (nSPS) is 25.2. The first-order chi connectivity index (χ1) is 20.2. The molecule has 208 valence electrons. The Morgan fingerprint density at radius 3 is 2.45 bits per heavy atom. The van der Waals surface area contributed by atoms with Gasteiger partial charge in [-0.05, 0) is 54.8 Å². The van der Waals surface area contributed by atoms with Crippen molar-refractivity contribution in [3.05, 3.63) is 111 Å². The number of nitro groups is 1. The van der Waals surface area contributed by atoms with Gasteiger partial charge in [-0.25, -0.2) is 4.90 Å². The molecule has 0 saturated carbocycles. The molecule has 0 unspecified atom stereocenters. The summed E-state index contributed by atoms with van der Waals surface area (Å²) >= 11 is 0. The number of non-ortho nitro benzene ring substituents is 1. The standard InChI is InChI=1S/C33H24N2O7/c1-16-13-27(37)30-25(31(16)38)15-24-22(28(30)21-11-12-26(36)20-8-3-2-7-19(20)21)9-10-23-29(24)33(40)34(32(23)39)17-5-4-6-18(14-17)35(41)42/h2-9,11-14,23-24,28-29,36H,10,15H2,1H3/t23-,24+,28-,29-/m0/s1. The van der Waals surface area contributed by atoms with Crippen LogP contribution in [0.25, 0.3) is 10.8 Å². The van der Waals surface area contributed by atoms with Crippen LogP contribution in [0.4, 0.5) is 11.4 Å². The predicted molar refractivity (Wildman–Crippen MR) is 153 cm³/mol. The molecule has 1 fully saturated rings. The SMILES string of the molecule is CC1=CC(=O)C2=C(C[C@@H]3C(=CC[C@@H]4C(=O)N(c5cccc([N+](=O)[O-])c5)C(=O)[C@@H]43)[C@@H]2c2ccc(O)c3ccccc23)C1=O. The number of phenols is 1. The van der Waals surface area contributed by atoms with Crippen LogP contribution < -0.4 is 4.90 Å². The molecule has 42 heavy (non-hydrogen) atoms. The van der Waals surface area contributed by atoms with E-state index in [1.807, 2.05) is 18.2 Å². The second-order valence-corrected chi connectivity index (χ2v) is 11.2. The number of nitro benzene ring substituents is 1. The Morgan fingerprint density at radius 2 is 1.69 bits per heavy atom. The van der Waals surface area contributed by atoms with Crippen LogP contribution in [0.5, 0.6) is 5.75 Å². The molecule has 2 amide bonds. The first-order valence-electron chi connectivity index (χ1n) is 13.7. The minimum Gasteiger partial charge on any atom is -0.507 e. The molecular weight excluding hydrogens is 536 g/mol. The summed E-state index contributed by atoms with van der Waals surface area (Å²) in [6, 6.07) is 16.0. The van der Waals surface area contributed by atoms with E-state index in [0.717, 1.165) is 21.4 Å². The first-order valence-corrected chi connectivity index (χ1v) is 13.7. The lowest BCUT2D eigenvalue weighted by atomic mass is 9.59. The van der Waals surface area contributed by atoms with Crippen molar-refractivity contribution in [2.75, 3.05) is 4.90 Å². The van der Waals surface area contributed by atoms with Gasteiger partial charge in [-0.2, -0.15) is 0 Å². The number of carbonyl (C=O) groups excluding carboxylic acids is 4. The number of fused-ring (bicyclic) bond motifs is 4. The number of rotatable bonds is 3. The fraction of sp³-hybridized carbons (Fsp3) is 0.212. The van der Waals surface area contributed by atoms with E-state index < -0.39 is 40.4 Å². The summed E-state index contributed by atoms with van der Waals surface area (Å²) in [5.74, 6) is -4.04. The van der Waals surface area contributed by atoms with Gasteiger partial charge in [-0.15, -0.1) is 0 Å². The third-order valence-electron chi connectivity index (χ3n) is 9.11. The number of aromatic hydroxyl groups is 1. The largest absolute Gasteiger partial charge is 0.507 e. The van der Waals surface area contributed by atoms with Crippen molar-refractivity contribution in [3.63, 3.8) is 0 Å². The average molecular weight is 561 g/mol. The van der Waals surface area contributed by atoms with E-state index in [2.05, 4.69) is 0 Å². The first kappa shape index (κ1) is 25.8. The van der Waals surface area contributed by atoms with Crippen molar-refractivity contribution in [2.24, 2.45) is 17.8 Å². The molecule has 4 atom stereocenters. The lowest BCUT2D eigenvalue weighted by Gasteiger charge is -2.42. The topological polar surface area (TPSA) is 135 Å². The molecule has 0 spiro atoms. The number of phenolic OH excluding ortho intramolecular Hbond substituents is 1. The highest BCUT2D eigenvalue weighted by Crippen LogP contribution is 2.56. The fourth-order valence-corrected chi connectivity index (χ4v) is 7.30. The number of allylic oxidation sites excluding steroid dienone is 6. The molecule has 0 radical (unpaired) electrons. The summed E-state index contributed by atoms with van der Waals surface area (Å²) in [7, 11) is 0. The number of amides is 2. The second kappa shape index (κ2) is 9.17. The van der Waals surface area contributed by atoms with E-state index in [1.54, 1.807) is 31.2 Å². The molecule has 3 aromatic carbocycles. The minimum absolute atomic E-state index is 0.0829. The van der Waals surface area contributed by atoms with Crippen molar-refractivity contribution in [2.45, 2.75) is 25.7 Å². The van der Waals surface area contributed by atoms with Crippen molar-refractivity contribution in [1.82, 2.24) is 0 Å². The van der Waals surface area contributed by atoms with Gasteiger partial charge < -0.3 is 5.11 Å². The number of Topliss-reactive ketones (excluding diaryl/α,β-unsaturated/α-hetero) is 1. The molecule has 9 nitrogen and oxygen atoms in total. The van der Waals surface area contributed by atoms with Crippen LogP contribution in [0.1, 0.15) is 31.2 Å². The van der Waals surface area contributed by atoms with Gasteiger partial charge in [0.25, 0.3) is 5.69 Å². The lowest BCUT2D eigenvalue weighted by Crippen LogP contribution is -2.39. The van der Waals surface area contributed by atoms with Gasteiger partial charge in [0, 0.05) is 40.2 Å². The second-order valence-electron chi connectivity index (χ2n) is 11.2. The molecule has 3 aromatic rings. The zero-order valence-electron chi connectivity index (χ0n) is 22.4. The predicted octanol–water partition coefficient (Wildman–Crippen LogP) is 5.09. The highest BCUT2D eigenvalue weighted by Gasteiger charge is 2.56. The maximum atomic E-state index is 14.1. The molecule has 4 aliphatic rings. The van der Waals surface area contributed by atoms with Gasteiger partial charge in [-0.3, -0.25) is 29.3 Å². The Bertz CT molecular complexity index is 1900. The van der Waals surface area contributed by atoms with E-state index in [0.29, 0.717) is 22.1 Å². The van der Waals surface area contributed by atoms with Crippen LogP contribution in [-0.4, -0.2) is 33.4 Å². The molecule has 0 bridgehead atoms. The number of carbonyl (C=O) groups is 4. The van der Waals surface area contributed by atoms with Crippen LogP contribution >= 0.6 is 0 Å². The van der Waals surface area contributed by atoms with Crippen LogP contribution in [0.2, 0.25) is 0 Å². The van der Waals surface area contributed by atoms with Crippen molar-refractivity contribution in [1.29, 1.82) is 0 Å². The van der Waals surface area contributed by atoms with E-state index in [4.69, 9.17) is 0 Å². The molecule has 3 aliphatic carbocycles. The molecule has 9 heteroatoms. The summed E-state index contributed by atoms with van der Waals surface area (Å²) in [6.45, 7) is 1.60. The van der Waals surface area contributed by atoms with Gasteiger partial charge >= 0.3 is 0 Å². The Labute approximate surface area is 239 Å². The minimum atomic E-state index is -0.800. The monoisotopic (exact) mass is 560 g/mol. The van der Waals surface area contributed by atoms with Crippen LogP contribution in [0.15, 0.2) is 95.1 Å². The summed E-state index contributed by atoms with van der Waals surface area (Å²) in [6.07, 6.45) is 3.66. The smallest absolute Gasteiger partial charge is 0.271 e. The quantitative estimate of drug-likeness (QED) is 0.155. The highest BCUT2D eigenvalue weighted by molar-refractivity contribution is 6.25. The van der Waals surface area contributed by atoms with Gasteiger partial charge in [0.05, 0.1) is 22.4 Å². The van der Waals surface area contributed by atoms with E-state index in [-0.39, 0.29) is 41.5 Å². The fourth-order valence-electron chi connectivity index (χ4n) is 7.30. The summed E-state index contributed by atoms with van der Waals surface area (Å²) in [5.41, 5.74) is 2.46. The average Bonchev–Trinajstić information content (AvgIpc) is 3.25.